The highest BCUT2D eigenvalue weighted by molar-refractivity contribution is 5.84. The zero-order chi connectivity index (χ0) is 16.7. The van der Waals surface area contributed by atoms with E-state index >= 15 is 0 Å². The van der Waals surface area contributed by atoms with Crippen LogP contribution in [0.1, 0.15) is 50.0 Å². The number of hydrogen-bond acceptors (Lipinski definition) is 3. The molecule has 1 aromatic carbocycles. The number of rotatable bonds is 9. The van der Waals surface area contributed by atoms with Gasteiger partial charge in [-0.2, -0.15) is 0 Å². The fourth-order valence-electron chi connectivity index (χ4n) is 2.75. The van der Waals surface area contributed by atoms with Crippen molar-refractivity contribution in [2.75, 3.05) is 0 Å². The number of pyridine rings is 1. The summed E-state index contributed by atoms with van der Waals surface area (Å²) in [5.74, 6) is -0.898. The molecule has 0 bridgehead atoms. The van der Waals surface area contributed by atoms with E-state index in [0.29, 0.717) is 12.8 Å². The van der Waals surface area contributed by atoms with Gasteiger partial charge in [0.2, 0.25) is 11.8 Å². The molecule has 4 N–H and O–H groups in total. The zero-order valence-corrected chi connectivity index (χ0v) is 13.2. The van der Waals surface area contributed by atoms with Crippen molar-refractivity contribution in [2.24, 2.45) is 11.5 Å². The van der Waals surface area contributed by atoms with Gasteiger partial charge in [-0.25, -0.2) is 0 Å². The first kappa shape index (κ1) is 16.9. The first-order chi connectivity index (χ1) is 11.1. The quantitative estimate of drug-likeness (QED) is 0.696. The van der Waals surface area contributed by atoms with Crippen molar-refractivity contribution < 1.29 is 9.59 Å². The van der Waals surface area contributed by atoms with Crippen LogP contribution in [0.25, 0.3) is 10.9 Å². The summed E-state index contributed by atoms with van der Waals surface area (Å²) < 4.78 is 0. The van der Waals surface area contributed by atoms with E-state index in [0.717, 1.165) is 42.1 Å². The van der Waals surface area contributed by atoms with Crippen molar-refractivity contribution in [3.8, 4) is 0 Å². The molecule has 5 heteroatoms. The van der Waals surface area contributed by atoms with Crippen LogP contribution < -0.4 is 11.5 Å². The summed E-state index contributed by atoms with van der Waals surface area (Å²) in [7, 11) is 0. The second-order valence-corrected chi connectivity index (χ2v) is 5.84. The van der Waals surface area contributed by atoms with Gasteiger partial charge in [-0.3, -0.25) is 14.6 Å². The van der Waals surface area contributed by atoms with Crippen LogP contribution in [0.3, 0.4) is 0 Å². The molecule has 2 amide bonds. The van der Waals surface area contributed by atoms with Gasteiger partial charge in [0.15, 0.2) is 0 Å². The molecule has 0 aliphatic rings. The molecule has 0 aliphatic heterocycles. The van der Waals surface area contributed by atoms with Gasteiger partial charge in [-0.1, -0.05) is 37.5 Å². The summed E-state index contributed by atoms with van der Waals surface area (Å²) in [6.07, 6.45) is 6.44. The number of nitrogens with two attached hydrogens (primary N) is 2. The molecule has 0 aliphatic carbocycles. The topological polar surface area (TPSA) is 99.1 Å². The van der Waals surface area contributed by atoms with Crippen LogP contribution in [0.4, 0.5) is 0 Å². The van der Waals surface area contributed by atoms with Crippen molar-refractivity contribution in [3.05, 3.63) is 42.1 Å². The number of para-hydroxylation sites is 1. The van der Waals surface area contributed by atoms with E-state index in [1.165, 1.54) is 0 Å². The predicted molar refractivity (Wildman–Crippen MR) is 90.6 cm³/mol. The van der Waals surface area contributed by atoms with Gasteiger partial charge in [-0.05, 0) is 30.5 Å². The minimum absolute atomic E-state index is 0.262. The Morgan fingerprint density at radius 2 is 1.78 bits per heavy atom. The third kappa shape index (κ3) is 5.06. The van der Waals surface area contributed by atoms with Crippen molar-refractivity contribution in [3.63, 3.8) is 0 Å². The fraction of sp³-hybridized carbons (Fsp3) is 0.389. The van der Waals surface area contributed by atoms with E-state index in [9.17, 15) is 9.59 Å². The molecule has 0 radical (unpaired) electrons. The Bertz CT molecular complexity index is 685. The standard InChI is InChI=1S/C18H23N3O2/c19-17(22)10-4-2-1-3-8-15(18(20)23)14-11-13-7-5-6-9-16(13)21-12-14/h5-7,9,11-12,15H,1-4,8,10H2,(H2,19,22)(H2,20,23). The van der Waals surface area contributed by atoms with Crippen molar-refractivity contribution in [1.29, 1.82) is 0 Å². The van der Waals surface area contributed by atoms with E-state index in [4.69, 9.17) is 11.5 Å². The van der Waals surface area contributed by atoms with E-state index in [1.54, 1.807) is 6.20 Å². The molecule has 23 heavy (non-hydrogen) atoms. The van der Waals surface area contributed by atoms with Crippen LogP contribution in [0.5, 0.6) is 0 Å². The maximum atomic E-state index is 11.8. The number of hydrogen-bond donors (Lipinski definition) is 2. The molecule has 1 unspecified atom stereocenters. The number of amides is 2. The number of primary amides is 2. The average Bonchev–Trinajstić information content (AvgIpc) is 2.53. The molecular weight excluding hydrogens is 290 g/mol. The zero-order valence-electron chi connectivity index (χ0n) is 13.2. The summed E-state index contributed by atoms with van der Waals surface area (Å²) in [5.41, 5.74) is 12.5. The molecule has 1 heterocycles. The van der Waals surface area contributed by atoms with Gasteiger partial charge in [0.05, 0.1) is 11.4 Å². The summed E-state index contributed by atoms with van der Waals surface area (Å²) in [4.78, 5) is 26.9. The molecule has 2 aromatic rings. The summed E-state index contributed by atoms with van der Waals surface area (Å²) in [6.45, 7) is 0. The maximum Gasteiger partial charge on any atom is 0.225 e. The number of benzene rings is 1. The molecule has 2 rings (SSSR count). The molecular formula is C18H23N3O2. The van der Waals surface area contributed by atoms with E-state index in [2.05, 4.69) is 4.98 Å². The van der Waals surface area contributed by atoms with Crippen molar-refractivity contribution in [2.45, 2.75) is 44.4 Å². The second kappa shape index (κ2) is 8.27. The lowest BCUT2D eigenvalue weighted by Crippen LogP contribution is -2.21. The van der Waals surface area contributed by atoms with Gasteiger partial charge >= 0.3 is 0 Å². The Labute approximate surface area is 136 Å². The Balaban J connectivity index is 1.94. The number of aromatic nitrogens is 1. The summed E-state index contributed by atoms with van der Waals surface area (Å²) >= 11 is 0. The lowest BCUT2D eigenvalue weighted by Gasteiger charge is -2.14. The first-order valence-corrected chi connectivity index (χ1v) is 8.00. The summed E-state index contributed by atoms with van der Waals surface area (Å²) in [5, 5.41) is 1.01. The molecule has 5 nitrogen and oxygen atoms in total. The Hall–Kier alpha value is -2.43. The van der Waals surface area contributed by atoms with Gasteiger partial charge in [0.1, 0.15) is 0 Å². The Kier molecular flexibility index (Phi) is 6.09. The summed E-state index contributed by atoms with van der Waals surface area (Å²) in [6, 6.07) is 9.80. The van der Waals surface area contributed by atoms with Gasteiger partial charge < -0.3 is 11.5 Å². The van der Waals surface area contributed by atoms with Gasteiger partial charge in [0.25, 0.3) is 0 Å². The van der Waals surface area contributed by atoms with Crippen LogP contribution in [0, 0.1) is 0 Å². The van der Waals surface area contributed by atoms with Crippen molar-refractivity contribution >= 4 is 22.7 Å². The molecule has 1 atom stereocenters. The molecule has 0 spiro atoms. The lowest BCUT2D eigenvalue weighted by molar-refractivity contribution is -0.119. The van der Waals surface area contributed by atoms with Crippen LogP contribution in [-0.4, -0.2) is 16.8 Å². The average molecular weight is 313 g/mol. The van der Waals surface area contributed by atoms with E-state index in [-0.39, 0.29) is 17.7 Å². The highest BCUT2D eigenvalue weighted by Crippen LogP contribution is 2.25. The highest BCUT2D eigenvalue weighted by Gasteiger charge is 2.18. The highest BCUT2D eigenvalue weighted by atomic mass is 16.1. The second-order valence-electron chi connectivity index (χ2n) is 5.84. The monoisotopic (exact) mass is 313 g/mol. The van der Waals surface area contributed by atoms with Gasteiger partial charge in [0, 0.05) is 18.0 Å². The normalized spacial score (nSPS) is 12.2. The number of fused-ring (bicyclic) bond motifs is 1. The van der Waals surface area contributed by atoms with Crippen LogP contribution >= 0.6 is 0 Å². The van der Waals surface area contributed by atoms with Crippen molar-refractivity contribution in [1.82, 2.24) is 4.98 Å². The van der Waals surface area contributed by atoms with Crippen LogP contribution in [-0.2, 0) is 9.59 Å². The molecule has 0 saturated heterocycles. The third-order valence-electron chi connectivity index (χ3n) is 4.02. The van der Waals surface area contributed by atoms with E-state index in [1.807, 2.05) is 30.3 Å². The van der Waals surface area contributed by atoms with Crippen LogP contribution in [0.2, 0.25) is 0 Å². The molecule has 1 aromatic heterocycles. The fourth-order valence-corrected chi connectivity index (χ4v) is 2.75. The minimum Gasteiger partial charge on any atom is -0.370 e. The molecule has 0 fully saturated rings. The minimum atomic E-state index is -0.320. The number of nitrogens with zero attached hydrogens (tertiary/aromatic N) is 1. The number of carbonyl (C=O) groups excluding carboxylic acids is 2. The number of carbonyl (C=O) groups is 2. The lowest BCUT2D eigenvalue weighted by atomic mass is 9.92. The predicted octanol–water partition coefficient (Wildman–Crippen LogP) is 2.63. The Morgan fingerprint density at radius 1 is 1.04 bits per heavy atom. The number of unbranched alkanes of at least 4 members (excludes halogenated alkanes) is 3. The SMILES string of the molecule is NC(=O)CCCCCCC(C(N)=O)c1cnc2ccccc2c1. The third-order valence-corrected chi connectivity index (χ3v) is 4.02. The largest absolute Gasteiger partial charge is 0.370 e. The maximum absolute atomic E-state index is 11.8. The molecule has 122 valence electrons. The van der Waals surface area contributed by atoms with Gasteiger partial charge in [-0.15, -0.1) is 0 Å². The van der Waals surface area contributed by atoms with E-state index < -0.39 is 0 Å². The molecule has 0 saturated carbocycles. The Morgan fingerprint density at radius 3 is 2.52 bits per heavy atom. The first-order valence-electron chi connectivity index (χ1n) is 8.00. The smallest absolute Gasteiger partial charge is 0.225 e. The van der Waals surface area contributed by atoms with Crippen LogP contribution in [0.15, 0.2) is 36.5 Å².